The molecule has 0 spiro atoms. The number of rotatable bonds is 3. The van der Waals surface area contributed by atoms with Gasteiger partial charge < -0.3 is 4.42 Å². The summed E-state index contributed by atoms with van der Waals surface area (Å²) in [4.78, 5) is 16.0. The van der Waals surface area contributed by atoms with Crippen LogP contribution in [0.15, 0.2) is 28.9 Å². The average molecular weight is 270 g/mol. The number of H-pyrrole nitrogens is 1. The SMILES string of the molecule is Cc1ccc2c(CC(=O)Nc3n[nH]c(C)n3)coc2c1. The first-order valence-corrected chi connectivity index (χ1v) is 6.27. The van der Waals surface area contributed by atoms with Crippen LogP contribution in [0.2, 0.25) is 0 Å². The maximum Gasteiger partial charge on any atom is 0.248 e. The highest BCUT2D eigenvalue weighted by Crippen LogP contribution is 2.22. The number of carbonyl (C=O) groups excluding carboxylic acids is 1. The number of amides is 1. The molecule has 102 valence electrons. The van der Waals surface area contributed by atoms with Gasteiger partial charge in [-0.05, 0) is 25.5 Å². The van der Waals surface area contributed by atoms with Gasteiger partial charge in [-0.1, -0.05) is 12.1 Å². The molecule has 0 atom stereocenters. The average Bonchev–Trinajstić information content (AvgIpc) is 2.96. The van der Waals surface area contributed by atoms with Gasteiger partial charge >= 0.3 is 0 Å². The number of carbonyl (C=O) groups is 1. The molecule has 0 aliphatic rings. The van der Waals surface area contributed by atoms with E-state index in [1.165, 1.54) is 0 Å². The molecule has 6 nitrogen and oxygen atoms in total. The van der Waals surface area contributed by atoms with Crippen LogP contribution in [0.1, 0.15) is 17.0 Å². The van der Waals surface area contributed by atoms with E-state index in [1.807, 2.05) is 25.1 Å². The minimum Gasteiger partial charge on any atom is -0.464 e. The number of fused-ring (bicyclic) bond motifs is 1. The standard InChI is InChI=1S/C14H14N4O2/c1-8-3-4-11-10(7-20-12(11)5-8)6-13(19)16-14-15-9(2)17-18-14/h3-5,7H,6H2,1-2H3,(H2,15,16,17,18,19). The topological polar surface area (TPSA) is 83.8 Å². The lowest BCUT2D eigenvalue weighted by molar-refractivity contribution is -0.115. The molecule has 0 saturated heterocycles. The van der Waals surface area contributed by atoms with E-state index in [9.17, 15) is 4.79 Å². The van der Waals surface area contributed by atoms with Gasteiger partial charge in [-0.15, -0.1) is 5.10 Å². The van der Waals surface area contributed by atoms with Crippen LogP contribution in [0.5, 0.6) is 0 Å². The van der Waals surface area contributed by atoms with E-state index in [0.29, 0.717) is 5.82 Å². The number of nitrogens with zero attached hydrogens (tertiary/aromatic N) is 2. The molecule has 2 aromatic heterocycles. The van der Waals surface area contributed by atoms with Crippen LogP contribution in [-0.4, -0.2) is 21.1 Å². The summed E-state index contributed by atoms with van der Waals surface area (Å²) >= 11 is 0. The van der Waals surface area contributed by atoms with E-state index in [0.717, 1.165) is 22.1 Å². The predicted octanol–water partition coefficient (Wildman–Crippen LogP) is 2.35. The van der Waals surface area contributed by atoms with E-state index < -0.39 is 0 Å². The van der Waals surface area contributed by atoms with Crippen molar-refractivity contribution in [3.8, 4) is 0 Å². The van der Waals surface area contributed by atoms with Gasteiger partial charge in [0.1, 0.15) is 11.4 Å². The molecule has 2 N–H and O–H groups in total. The van der Waals surface area contributed by atoms with E-state index in [1.54, 1.807) is 13.2 Å². The Morgan fingerprint density at radius 3 is 3.00 bits per heavy atom. The number of anilines is 1. The van der Waals surface area contributed by atoms with Crippen molar-refractivity contribution in [1.29, 1.82) is 0 Å². The van der Waals surface area contributed by atoms with Crippen molar-refractivity contribution < 1.29 is 9.21 Å². The second kappa shape index (κ2) is 4.80. The number of furan rings is 1. The third-order valence-corrected chi connectivity index (χ3v) is 3.01. The van der Waals surface area contributed by atoms with Crippen molar-refractivity contribution in [3.63, 3.8) is 0 Å². The Kier molecular flexibility index (Phi) is 2.98. The van der Waals surface area contributed by atoms with Gasteiger partial charge in [-0.3, -0.25) is 15.2 Å². The summed E-state index contributed by atoms with van der Waals surface area (Å²) < 4.78 is 5.47. The zero-order valence-corrected chi connectivity index (χ0v) is 11.2. The fourth-order valence-corrected chi connectivity index (χ4v) is 2.07. The maximum atomic E-state index is 12.0. The molecule has 0 unspecified atom stereocenters. The summed E-state index contributed by atoms with van der Waals surface area (Å²) in [5.41, 5.74) is 2.77. The fraction of sp³-hybridized carbons (Fsp3) is 0.214. The highest BCUT2D eigenvalue weighted by atomic mass is 16.3. The monoisotopic (exact) mass is 270 g/mol. The molecule has 0 radical (unpaired) electrons. The third kappa shape index (κ3) is 2.40. The molecular formula is C14H14N4O2. The zero-order chi connectivity index (χ0) is 14.1. The fourth-order valence-electron chi connectivity index (χ4n) is 2.07. The van der Waals surface area contributed by atoms with E-state index in [2.05, 4.69) is 20.5 Å². The minimum atomic E-state index is -0.174. The molecule has 1 amide bonds. The summed E-state index contributed by atoms with van der Waals surface area (Å²) in [5.74, 6) is 0.771. The van der Waals surface area contributed by atoms with Gasteiger partial charge in [-0.2, -0.15) is 4.98 Å². The van der Waals surface area contributed by atoms with Gasteiger partial charge in [0, 0.05) is 10.9 Å². The summed E-state index contributed by atoms with van der Waals surface area (Å²) in [6.07, 6.45) is 1.84. The molecule has 3 aromatic rings. The summed E-state index contributed by atoms with van der Waals surface area (Å²) in [5, 5.41) is 10.1. The molecule has 20 heavy (non-hydrogen) atoms. The zero-order valence-electron chi connectivity index (χ0n) is 11.2. The second-order valence-electron chi connectivity index (χ2n) is 4.73. The predicted molar refractivity (Wildman–Crippen MR) is 74.4 cm³/mol. The van der Waals surface area contributed by atoms with Crippen LogP contribution >= 0.6 is 0 Å². The molecule has 0 saturated carbocycles. The van der Waals surface area contributed by atoms with E-state index in [4.69, 9.17) is 4.42 Å². The van der Waals surface area contributed by atoms with Crippen LogP contribution in [-0.2, 0) is 11.2 Å². The molecule has 0 fully saturated rings. The quantitative estimate of drug-likeness (QED) is 0.765. The van der Waals surface area contributed by atoms with Crippen molar-refractivity contribution in [2.75, 3.05) is 5.32 Å². The van der Waals surface area contributed by atoms with Crippen molar-refractivity contribution in [3.05, 3.63) is 41.4 Å². The molecule has 0 aliphatic heterocycles. The lowest BCUT2D eigenvalue weighted by Crippen LogP contribution is -2.15. The molecule has 0 aliphatic carbocycles. The summed E-state index contributed by atoms with van der Waals surface area (Å²) in [7, 11) is 0. The largest absolute Gasteiger partial charge is 0.464 e. The number of benzene rings is 1. The smallest absolute Gasteiger partial charge is 0.248 e. The molecule has 1 aromatic carbocycles. The lowest BCUT2D eigenvalue weighted by atomic mass is 10.1. The van der Waals surface area contributed by atoms with Crippen LogP contribution in [0, 0.1) is 13.8 Å². The number of aromatic amines is 1. The Labute approximate surface area is 115 Å². The van der Waals surface area contributed by atoms with Gasteiger partial charge in [0.15, 0.2) is 0 Å². The van der Waals surface area contributed by atoms with Crippen LogP contribution in [0.4, 0.5) is 5.95 Å². The van der Waals surface area contributed by atoms with Crippen molar-refractivity contribution >= 4 is 22.8 Å². The van der Waals surface area contributed by atoms with Gasteiger partial charge in [0.2, 0.25) is 11.9 Å². The van der Waals surface area contributed by atoms with Crippen LogP contribution in [0.3, 0.4) is 0 Å². The highest BCUT2D eigenvalue weighted by molar-refractivity contribution is 5.94. The first-order chi connectivity index (χ1) is 9.61. The van der Waals surface area contributed by atoms with Crippen LogP contribution < -0.4 is 5.32 Å². The summed E-state index contributed by atoms with van der Waals surface area (Å²) in [6, 6.07) is 5.92. The number of aromatic nitrogens is 3. The Bertz CT molecular complexity index is 772. The minimum absolute atomic E-state index is 0.174. The number of hydrogen-bond acceptors (Lipinski definition) is 4. The Hall–Kier alpha value is -2.63. The maximum absolute atomic E-state index is 12.0. The number of hydrogen-bond donors (Lipinski definition) is 2. The highest BCUT2D eigenvalue weighted by Gasteiger charge is 2.12. The number of nitrogens with one attached hydrogen (secondary N) is 2. The first-order valence-electron chi connectivity index (χ1n) is 6.27. The van der Waals surface area contributed by atoms with E-state index in [-0.39, 0.29) is 18.3 Å². The van der Waals surface area contributed by atoms with Gasteiger partial charge in [-0.25, -0.2) is 0 Å². The first kappa shape index (κ1) is 12.4. The third-order valence-electron chi connectivity index (χ3n) is 3.01. The molecule has 0 bridgehead atoms. The second-order valence-corrected chi connectivity index (χ2v) is 4.73. The molecule has 2 heterocycles. The van der Waals surface area contributed by atoms with Crippen molar-refractivity contribution in [2.45, 2.75) is 20.3 Å². The molecule has 6 heteroatoms. The number of aryl methyl sites for hydroxylation is 2. The Morgan fingerprint density at radius 2 is 2.25 bits per heavy atom. The van der Waals surface area contributed by atoms with Gasteiger partial charge in [0.25, 0.3) is 0 Å². The van der Waals surface area contributed by atoms with Crippen LogP contribution in [0.25, 0.3) is 11.0 Å². The van der Waals surface area contributed by atoms with Crippen molar-refractivity contribution in [2.24, 2.45) is 0 Å². The van der Waals surface area contributed by atoms with Crippen molar-refractivity contribution in [1.82, 2.24) is 15.2 Å². The molecular weight excluding hydrogens is 256 g/mol. The Balaban J connectivity index is 1.77. The molecule has 3 rings (SSSR count). The normalized spacial score (nSPS) is 10.9. The summed E-state index contributed by atoms with van der Waals surface area (Å²) in [6.45, 7) is 3.77. The van der Waals surface area contributed by atoms with Gasteiger partial charge in [0.05, 0.1) is 12.7 Å². The van der Waals surface area contributed by atoms with E-state index >= 15 is 0 Å². The Morgan fingerprint density at radius 1 is 1.40 bits per heavy atom. The lowest BCUT2D eigenvalue weighted by Gasteiger charge is -1.99.